The van der Waals surface area contributed by atoms with Crippen LogP contribution in [-0.2, 0) is 9.59 Å². The predicted molar refractivity (Wildman–Crippen MR) is 46.8 cm³/mol. The van der Waals surface area contributed by atoms with Crippen LogP contribution in [0.1, 0.15) is 13.3 Å². The summed E-state index contributed by atoms with van der Waals surface area (Å²) in [6.07, 6.45) is 0.172. The Bertz CT molecular complexity index is 182. The molecular weight excluding hydrogens is 180 g/mol. The lowest BCUT2D eigenvalue weighted by molar-refractivity contribution is -0.129. The Morgan fingerprint density at radius 3 is 2.42 bits per heavy atom. The SMILES string of the molecule is CC(Cl)C(=O)N(C)CCC(N)=O. The molecule has 0 rings (SSSR count). The minimum absolute atomic E-state index is 0.172. The molecule has 0 bridgehead atoms. The lowest BCUT2D eigenvalue weighted by Gasteiger charge is -2.17. The van der Waals surface area contributed by atoms with Gasteiger partial charge in [-0.2, -0.15) is 0 Å². The molecule has 4 nitrogen and oxygen atoms in total. The molecule has 0 aromatic rings. The first-order valence-corrected chi connectivity index (χ1v) is 4.06. The fourth-order valence-electron chi connectivity index (χ4n) is 0.692. The van der Waals surface area contributed by atoms with Gasteiger partial charge in [-0.3, -0.25) is 9.59 Å². The number of nitrogens with zero attached hydrogens (tertiary/aromatic N) is 1. The fraction of sp³-hybridized carbons (Fsp3) is 0.714. The van der Waals surface area contributed by atoms with Crippen LogP contribution < -0.4 is 5.73 Å². The van der Waals surface area contributed by atoms with E-state index < -0.39 is 11.3 Å². The van der Waals surface area contributed by atoms with E-state index in [1.807, 2.05) is 0 Å². The average molecular weight is 193 g/mol. The average Bonchev–Trinajstić information content (AvgIpc) is 1.98. The summed E-state index contributed by atoms with van der Waals surface area (Å²) in [4.78, 5) is 22.8. The molecule has 1 unspecified atom stereocenters. The molecule has 0 heterocycles. The molecule has 0 aromatic carbocycles. The highest BCUT2D eigenvalue weighted by atomic mass is 35.5. The van der Waals surface area contributed by atoms with E-state index in [0.29, 0.717) is 6.54 Å². The van der Waals surface area contributed by atoms with E-state index in [9.17, 15) is 9.59 Å². The Balaban J connectivity index is 3.79. The molecule has 2 amide bonds. The minimum Gasteiger partial charge on any atom is -0.370 e. The van der Waals surface area contributed by atoms with Crippen molar-refractivity contribution in [3.63, 3.8) is 0 Å². The molecule has 0 fully saturated rings. The molecule has 0 saturated heterocycles. The van der Waals surface area contributed by atoms with E-state index in [1.54, 1.807) is 14.0 Å². The van der Waals surface area contributed by atoms with Gasteiger partial charge in [-0.1, -0.05) is 0 Å². The smallest absolute Gasteiger partial charge is 0.240 e. The number of carbonyl (C=O) groups is 2. The van der Waals surface area contributed by atoms with Crippen LogP contribution in [-0.4, -0.2) is 35.7 Å². The summed E-state index contributed by atoms with van der Waals surface area (Å²) in [5, 5.41) is -0.553. The van der Waals surface area contributed by atoms with Crippen LogP contribution in [0.5, 0.6) is 0 Å². The van der Waals surface area contributed by atoms with Crippen LogP contribution in [0.25, 0.3) is 0 Å². The second-order valence-electron chi connectivity index (χ2n) is 2.59. The molecule has 0 aliphatic rings. The van der Waals surface area contributed by atoms with Crippen molar-refractivity contribution in [3.8, 4) is 0 Å². The molecule has 12 heavy (non-hydrogen) atoms. The van der Waals surface area contributed by atoms with Crippen LogP contribution in [0.2, 0.25) is 0 Å². The van der Waals surface area contributed by atoms with Crippen molar-refractivity contribution >= 4 is 23.4 Å². The van der Waals surface area contributed by atoms with E-state index >= 15 is 0 Å². The van der Waals surface area contributed by atoms with Crippen molar-refractivity contribution in [1.82, 2.24) is 4.90 Å². The highest BCUT2D eigenvalue weighted by Crippen LogP contribution is 1.99. The maximum absolute atomic E-state index is 11.1. The Kier molecular flexibility index (Phi) is 4.66. The normalized spacial score (nSPS) is 12.2. The molecule has 2 N–H and O–H groups in total. The molecule has 0 spiro atoms. The first-order valence-electron chi connectivity index (χ1n) is 3.62. The second kappa shape index (κ2) is 4.98. The summed E-state index contributed by atoms with van der Waals surface area (Å²) in [6.45, 7) is 1.91. The van der Waals surface area contributed by atoms with Crippen molar-refractivity contribution < 1.29 is 9.59 Å². The van der Waals surface area contributed by atoms with Crippen molar-refractivity contribution in [2.24, 2.45) is 5.73 Å². The summed E-state index contributed by atoms with van der Waals surface area (Å²) in [5.41, 5.74) is 4.91. The van der Waals surface area contributed by atoms with Gasteiger partial charge >= 0.3 is 0 Å². The van der Waals surface area contributed by atoms with Gasteiger partial charge in [-0.15, -0.1) is 11.6 Å². The van der Waals surface area contributed by atoms with Gasteiger partial charge in [0.05, 0.1) is 0 Å². The maximum Gasteiger partial charge on any atom is 0.240 e. The molecule has 0 aliphatic heterocycles. The lowest BCUT2D eigenvalue weighted by atomic mass is 10.3. The summed E-state index contributed by atoms with van der Waals surface area (Å²) >= 11 is 5.53. The third-order valence-corrected chi connectivity index (χ3v) is 1.60. The molecule has 0 aliphatic carbocycles. The Morgan fingerprint density at radius 1 is 1.58 bits per heavy atom. The zero-order valence-corrected chi connectivity index (χ0v) is 7.97. The topological polar surface area (TPSA) is 63.4 Å². The zero-order valence-electron chi connectivity index (χ0n) is 7.21. The van der Waals surface area contributed by atoms with E-state index in [1.165, 1.54) is 4.90 Å². The number of hydrogen-bond donors (Lipinski definition) is 1. The van der Waals surface area contributed by atoms with Crippen LogP contribution >= 0.6 is 11.6 Å². The van der Waals surface area contributed by atoms with E-state index in [4.69, 9.17) is 17.3 Å². The molecule has 0 saturated carbocycles. The van der Waals surface area contributed by atoms with Gasteiger partial charge in [0.25, 0.3) is 0 Å². The monoisotopic (exact) mass is 192 g/mol. The predicted octanol–water partition coefficient (Wildman–Crippen LogP) is -0.0525. The fourth-order valence-corrected chi connectivity index (χ4v) is 0.858. The molecular formula is C7H13ClN2O2. The zero-order chi connectivity index (χ0) is 9.72. The Morgan fingerprint density at radius 2 is 2.08 bits per heavy atom. The van der Waals surface area contributed by atoms with Crippen molar-refractivity contribution in [3.05, 3.63) is 0 Å². The summed E-state index contributed by atoms with van der Waals surface area (Å²) in [5.74, 6) is -0.616. The van der Waals surface area contributed by atoms with Crippen LogP contribution in [0.3, 0.4) is 0 Å². The standard InChI is InChI=1S/C7H13ClN2O2/c1-5(8)7(12)10(2)4-3-6(9)11/h5H,3-4H2,1-2H3,(H2,9,11). The quantitative estimate of drug-likeness (QED) is 0.635. The van der Waals surface area contributed by atoms with Crippen LogP contribution in [0, 0.1) is 0 Å². The minimum atomic E-state index is -0.553. The van der Waals surface area contributed by atoms with Crippen molar-refractivity contribution in [2.45, 2.75) is 18.7 Å². The number of halogens is 1. The van der Waals surface area contributed by atoms with Gasteiger partial charge in [-0.25, -0.2) is 0 Å². The number of carbonyl (C=O) groups excluding carboxylic acids is 2. The summed E-state index contributed by atoms with van der Waals surface area (Å²) < 4.78 is 0. The van der Waals surface area contributed by atoms with Crippen LogP contribution in [0.15, 0.2) is 0 Å². The van der Waals surface area contributed by atoms with E-state index in [0.717, 1.165) is 0 Å². The number of primary amides is 1. The van der Waals surface area contributed by atoms with Gasteiger partial charge < -0.3 is 10.6 Å². The number of nitrogens with two attached hydrogens (primary N) is 1. The number of amides is 2. The van der Waals surface area contributed by atoms with Gasteiger partial charge in [-0.05, 0) is 6.92 Å². The highest BCUT2D eigenvalue weighted by molar-refractivity contribution is 6.30. The largest absolute Gasteiger partial charge is 0.370 e. The van der Waals surface area contributed by atoms with Crippen molar-refractivity contribution in [2.75, 3.05) is 13.6 Å². The summed E-state index contributed by atoms with van der Waals surface area (Å²) in [7, 11) is 1.59. The number of hydrogen-bond acceptors (Lipinski definition) is 2. The third-order valence-electron chi connectivity index (χ3n) is 1.41. The lowest BCUT2D eigenvalue weighted by Crippen LogP contribution is -2.34. The first kappa shape index (κ1) is 11.2. The number of alkyl halides is 1. The second-order valence-corrected chi connectivity index (χ2v) is 3.25. The van der Waals surface area contributed by atoms with Crippen molar-refractivity contribution in [1.29, 1.82) is 0 Å². The summed E-state index contributed by atoms with van der Waals surface area (Å²) in [6, 6.07) is 0. The number of rotatable bonds is 4. The molecule has 5 heteroatoms. The Hall–Kier alpha value is -0.770. The highest BCUT2D eigenvalue weighted by Gasteiger charge is 2.14. The molecule has 70 valence electrons. The molecule has 1 atom stereocenters. The van der Waals surface area contributed by atoms with Gasteiger partial charge in [0.1, 0.15) is 5.38 Å². The molecule has 0 radical (unpaired) electrons. The third kappa shape index (κ3) is 4.18. The molecule has 0 aromatic heterocycles. The van der Waals surface area contributed by atoms with Crippen LogP contribution in [0.4, 0.5) is 0 Å². The van der Waals surface area contributed by atoms with E-state index in [-0.39, 0.29) is 12.3 Å². The van der Waals surface area contributed by atoms with Gasteiger partial charge in [0.15, 0.2) is 0 Å². The van der Waals surface area contributed by atoms with Gasteiger partial charge in [0.2, 0.25) is 11.8 Å². The van der Waals surface area contributed by atoms with E-state index in [2.05, 4.69) is 0 Å². The maximum atomic E-state index is 11.1. The first-order chi connectivity index (χ1) is 5.45. The van der Waals surface area contributed by atoms with Gasteiger partial charge in [0, 0.05) is 20.0 Å². The Labute approximate surface area is 76.7 Å².